The second kappa shape index (κ2) is 8.47. The number of nitrogens with two attached hydrogens (primary N) is 2. The molecule has 6 nitrogen and oxygen atoms in total. The summed E-state index contributed by atoms with van der Waals surface area (Å²) in [5.74, 6) is -0.908. The molecule has 1 amide bonds. The second-order valence-electron chi connectivity index (χ2n) is 5.32. The molecule has 0 aliphatic carbocycles. The Hall–Kier alpha value is -3.49. The topological polar surface area (TPSA) is 96.2 Å². The van der Waals surface area contributed by atoms with Crippen LogP contribution in [-0.2, 0) is 0 Å². The molecule has 3 aromatic rings. The number of anilines is 1. The lowest BCUT2D eigenvalue weighted by Crippen LogP contribution is -2.17. The molecule has 148 valence electrons. The van der Waals surface area contributed by atoms with Gasteiger partial charge in [-0.1, -0.05) is 44.2 Å². The lowest BCUT2D eigenvalue weighted by molar-refractivity contribution is -0.274. The molecule has 4 N–H and O–H groups in total. The standard InChI is InChI=1S/C17H13F3N4O2.C2H6/c18-17(19,20)26-14-7-2-1-6-12(14)10-4-3-5-11(8-10)24-15(21)9-13(23-24)16(22)25;1-2/h1-9H,21H2,(H2,22,25);1-2H3. The molecule has 0 aliphatic heterocycles. The van der Waals surface area contributed by atoms with E-state index in [2.05, 4.69) is 9.84 Å². The van der Waals surface area contributed by atoms with E-state index >= 15 is 0 Å². The Morgan fingerprint density at radius 1 is 1.07 bits per heavy atom. The molecule has 0 fully saturated rings. The number of ether oxygens (including phenoxy) is 1. The fraction of sp³-hybridized carbons (Fsp3) is 0.158. The van der Waals surface area contributed by atoms with E-state index in [1.54, 1.807) is 30.3 Å². The zero-order chi connectivity index (χ0) is 20.9. The third-order valence-electron chi connectivity index (χ3n) is 3.50. The van der Waals surface area contributed by atoms with Crippen LogP contribution in [0.3, 0.4) is 0 Å². The first kappa shape index (κ1) is 20.8. The van der Waals surface area contributed by atoms with Crippen molar-refractivity contribution in [2.45, 2.75) is 20.2 Å². The molecule has 9 heteroatoms. The highest BCUT2D eigenvalue weighted by molar-refractivity contribution is 5.91. The van der Waals surface area contributed by atoms with Crippen molar-refractivity contribution in [2.24, 2.45) is 5.73 Å². The van der Waals surface area contributed by atoms with Gasteiger partial charge in [-0.05, 0) is 23.8 Å². The van der Waals surface area contributed by atoms with Gasteiger partial charge in [0.25, 0.3) is 5.91 Å². The van der Waals surface area contributed by atoms with Crippen molar-refractivity contribution in [3.63, 3.8) is 0 Å². The summed E-state index contributed by atoms with van der Waals surface area (Å²) in [5, 5.41) is 4.00. The largest absolute Gasteiger partial charge is 0.573 e. The molecule has 0 atom stereocenters. The van der Waals surface area contributed by atoms with Crippen LogP contribution in [0.2, 0.25) is 0 Å². The molecule has 0 unspecified atom stereocenters. The van der Waals surface area contributed by atoms with Crippen molar-refractivity contribution in [1.29, 1.82) is 0 Å². The van der Waals surface area contributed by atoms with E-state index in [-0.39, 0.29) is 22.8 Å². The maximum atomic E-state index is 12.6. The molecule has 2 aromatic carbocycles. The zero-order valence-electron chi connectivity index (χ0n) is 15.2. The summed E-state index contributed by atoms with van der Waals surface area (Å²) in [6.07, 6.45) is -4.81. The molecule has 0 bridgehead atoms. The van der Waals surface area contributed by atoms with Gasteiger partial charge in [0.15, 0.2) is 5.69 Å². The van der Waals surface area contributed by atoms with Crippen molar-refractivity contribution in [1.82, 2.24) is 9.78 Å². The molecule has 0 saturated carbocycles. The monoisotopic (exact) mass is 392 g/mol. The van der Waals surface area contributed by atoms with Crippen LogP contribution < -0.4 is 16.2 Å². The normalized spacial score (nSPS) is 10.8. The van der Waals surface area contributed by atoms with Crippen LogP contribution in [0.4, 0.5) is 19.0 Å². The van der Waals surface area contributed by atoms with Gasteiger partial charge in [-0.2, -0.15) is 5.10 Å². The molecule has 0 spiro atoms. The number of hydrogen-bond acceptors (Lipinski definition) is 4. The lowest BCUT2D eigenvalue weighted by atomic mass is 10.0. The number of aromatic nitrogens is 2. The third kappa shape index (κ3) is 4.81. The number of nitrogens with zero attached hydrogens (tertiary/aromatic N) is 2. The van der Waals surface area contributed by atoms with E-state index in [1.165, 1.54) is 28.9 Å². The maximum absolute atomic E-state index is 12.6. The third-order valence-corrected chi connectivity index (χ3v) is 3.50. The SMILES string of the molecule is CC.NC(=O)c1cc(N)n(-c2cccc(-c3ccccc3OC(F)(F)F)c2)n1. The van der Waals surface area contributed by atoms with Crippen LogP contribution in [-0.4, -0.2) is 22.1 Å². The van der Waals surface area contributed by atoms with Gasteiger partial charge in [0, 0.05) is 11.6 Å². The van der Waals surface area contributed by atoms with Crippen molar-refractivity contribution in [3.05, 3.63) is 60.3 Å². The summed E-state index contributed by atoms with van der Waals surface area (Å²) >= 11 is 0. The number of nitrogen functional groups attached to an aromatic ring is 1. The molecule has 1 aromatic heterocycles. The Balaban J connectivity index is 0.00000136. The summed E-state index contributed by atoms with van der Waals surface area (Å²) < 4.78 is 43.2. The van der Waals surface area contributed by atoms with Gasteiger partial charge >= 0.3 is 6.36 Å². The van der Waals surface area contributed by atoms with Gasteiger partial charge < -0.3 is 16.2 Å². The van der Waals surface area contributed by atoms with Crippen LogP contribution in [0.5, 0.6) is 5.75 Å². The number of carbonyl (C=O) groups excluding carboxylic acids is 1. The first-order valence-corrected chi connectivity index (χ1v) is 8.35. The lowest BCUT2D eigenvalue weighted by Gasteiger charge is -2.14. The first-order chi connectivity index (χ1) is 13.2. The molecule has 28 heavy (non-hydrogen) atoms. The van der Waals surface area contributed by atoms with Gasteiger partial charge in [0.05, 0.1) is 5.69 Å². The molecular weight excluding hydrogens is 373 g/mol. The fourth-order valence-electron chi connectivity index (χ4n) is 2.45. The minimum Gasteiger partial charge on any atom is -0.405 e. The van der Waals surface area contributed by atoms with Gasteiger partial charge in [-0.15, -0.1) is 13.2 Å². The van der Waals surface area contributed by atoms with E-state index in [0.717, 1.165) is 0 Å². The molecule has 3 rings (SSSR count). The minimum absolute atomic E-state index is 0.0197. The molecule has 0 saturated heterocycles. The number of benzene rings is 2. The minimum atomic E-state index is -4.81. The summed E-state index contributed by atoms with van der Waals surface area (Å²) in [4.78, 5) is 11.2. The Morgan fingerprint density at radius 3 is 2.36 bits per heavy atom. The smallest absolute Gasteiger partial charge is 0.405 e. The van der Waals surface area contributed by atoms with E-state index < -0.39 is 12.3 Å². The number of amides is 1. The van der Waals surface area contributed by atoms with Crippen molar-refractivity contribution >= 4 is 11.7 Å². The number of carbonyl (C=O) groups is 1. The van der Waals surface area contributed by atoms with E-state index in [0.29, 0.717) is 11.3 Å². The zero-order valence-corrected chi connectivity index (χ0v) is 15.2. The second-order valence-corrected chi connectivity index (χ2v) is 5.32. The van der Waals surface area contributed by atoms with Crippen LogP contribution >= 0.6 is 0 Å². The summed E-state index contributed by atoms with van der Waals surface area (Å²) in [6, 6.07) is 13.5. The highest BCUT2D eigenvalue weighted by Gasteiger charge is 2.32. The van der Waals surface area contributed by atoms with Gasteiger partial charge in [0.1, 0.15) is 11.6 Å². The van der Waals surface area contributed by atoms with Crippen LogP contribution in [0.1, 0.15) is 24.3 Å². The predicted octanol–water partition coefficient (Wildman–Crippen LogP) is 4.15. The number of hydrogen-bond donors (Lipinski definition) is 2. The van der Waals surface area contributed by atoms with Gasteiger partial charge in [-0.25, -0.2) is 4.68 Å². The van der Waals surface area contributed by atoms with E-state index in [4.69, 9.17) is 11.5 Å². The van der Waals surface area contributed by atoms with Gasteiger partial charge in [0.2, 0.25) is 0 Å². The summed E-state index contributed by atoms with van der Waals surface area (Å²) in [5.41, 5.74) is 12.1. The van der Waals surface area contributed by atoms with E-state index in [1.807, 2.05) is 13.8 Å². The number of rotatable bonds is 4. The van der Waals surface area contributed by atoms with Crippen molar-refractivity contribution in [3.8, 4) is 22.6 Å². The Morgan fingerprint density at radius 2 is 1.75 bits per heavy atom. The van der Waals surface area contributed by atoms with E-state index in [9.17, 15) is 18.0 Å². The number of para-hydroxylation sites is 1. The molecule has 0 aliphatic rings. The molecular formula is C19H19F3N4O2. The average molecular weight is 392 g/mol. The van der Waals surface area contributed by atoms with Crippen LogP contribution in [0.25, 0.3) is 16.8 Å². The number of halogens is 3. The van der Waals surface area contributed by atoms with Crippen molar-refractivity contribution in [2.75, 3.05) is 5.73 Å². The van der Waals surface area contributed by atoms with Crippen LogP contribution in [0.15, 0.2) is 54.6 Å². The Labute approximate surface area is 159 Å². The fourth-order valence-corrected chi connectivity index (χ4v) is 2.45. The summed E-state index contributed by atoms with van der Waals surface area (Å²) in [6.45, 7) is 4.00. The number of alkyl halides is 3. The Bertz CT molecular complexity index is 968. The quantitative estimate of drug-likeness (QED) is 0.697. The Kier molecular flexibility index (Phi) is 6.29. The summed E-state index contributed by atoms with van der Waals surface area (Å²) in [7, 11) is 0. The van der Waals surface area contributed by atoms with Crippen LogP contribution in [0, 0.1) is 0 Å². The number of primary amides is 1. The highest BCUT2D eigenvalue weighted by Crippen LogP contribution is 2.34. The first-order valence-electron chi connectivity index (χ1n) is 8.35. The average Bonchev–Trinajstić information content (AvgIpc) is 3.05. The molecule has 1 heterocycles. The van der Waals surface area contributed by atoms with Gasteiger partial charge in [-0.3, -0.25) is 4.79 Å². The van der Waals surface area contributed by atoms with Crippen molar-refractivity contribution < 1.29 is 22.7 Å². The maximum Gasteiger partial charge on any atom is 0.573 e. The molecule has 0 radical (unpaired) electrons. The highest BCUT2D eigenvalue weighted by atomic mass is 19.4. The predicted molar refractivity (Wildman–Crippen MR) is 100.0 cm³/mol.